The lowest BCUT2D eigenvalue weighted by Crippen LogP contribution is -2.43. The number of halogens is 2. The highest BCUT2D eigenvalue weighted by atomic mass is 35.5. The van der Waals surface area contributed by atoms with Crippen molar-refractivity contribution in [1.82, 2.24) is 15.5 Å². The first-order valence-corrected chi connectivity index (χ1v) is 7.43. The van der Waals surface area contributed by atoms with E-state index >= 15 is 0 Å². The van der Waals surface area contributed by atoms with E-state index in [1.807, 2.05) is 0 Å². The van der Waals surface area contributed by atoms with Gasteiger partial charge in [0.1, 0.15) is 5.82 Å². The predicted molar refractivity (Wildman–Crippen MR) is 85.7 cm³/mol. The third-order valence-corrected chi connectivity index (χ3v) is 3.94. The number of benzene rings is 1. The zero-order valence-corrected chi connectivity index (χ0v) is 13.6. The second-order valence-electron chi connectivity index (χ2n) is 5.44. The molecule has 1 aliphatic rings. The van der Waals surface area contributed by atoms with Gasteiger partial charge < -0.3 is 15.5 Å². The number of amides is 1. The Kier molecular flexibility index (Phi) is 5.24. The number of guanidine groups is 1. The summed E-state index contributed by atoms with van der Waals surface area (Å²) in [5.41, 5.74) is 0.543. The molecule has 22 heavy (non-hydrogen) atoms. The van der Waals surface area contributed by atoms with Crippen LogP contribution in [0.5, 0.6) is 0 Å². The SMILES string of the molecule is CN=C(NCC(=O)N(C)C)NC1CC1c1c(F)cccc1Cl. The highest BCUT2D eigenvalue weighted by molar-refractivity contribution is 6.31. The molecule has 0 saturated heterocycles. The fourth-order valence-corrected chi connectivity index (χ4v) is 2.53. The summed E-state index contributed by atoms with van der Waals surface area (Å²) in [5.74, 6) is 0.215. The molecule has 2 N–H and O–H groups in total. The number of hydrogen-bond acceptors (Lipinski definition) is 2. The van der Waals surface area contributed by atoms with Gasteiger partial charge in [0, 0.05) is 43.7 Å². The van der Waals surface area contributed by atoms with Crippen molar-refractivity contribution in [1.29, 1.82) is 0 Å². The zero-order valence-electron chi connectivity index (χ0n) is 12.9. The average Bonchev–Trinajstić information content (AvgIpc) is 3.21. The van der Waals surface area contributed by atoms with Gasteiger partial charge in [-0.05, 0) is 18.6 Å². The van der Waals surface area contributed by atoms with Crippen LogP contribution in [-0.4, -0.2) is 50.5 Å². The lowest BCUT2D eigenvalue weighted by molar-refractivity contribution is -0.127. The summed E-state index contributed by atoms with van der Waals surface area (Å²) in [4.78, 5) is 17.1. The number of carbonyl (C=O) groups excluding carboxylic acids is 1. The Labute approximate surface area is 134 Å². The second kappa shape index (κ2) is 6.96. The summed E-state index contributed by atoms with van der Waals surface area (Å²) in [6.07, 6.45) is 0.781. The van der Waals surface area contributed by atoms with Gasteiger partial charge in [-0.3, -0.25) is 9.79 Å². The van der Waals surface area contributed by atoms with Crippen LogP contribution in [0.4, 0.5) is 4.39 Å². The maximum absolute atomic E-state index is 13.9. The standard InChI is InChI=1S/C15H20ClFN4O/c1-18-15(19-8-13(22)21(2)3)20-12-7-9(12)14-10(16)5-4-6-11(14)17/h4-6,9,12H,7-8H2,1-3H3,(H2,18,19,20). The molecule has 0 spiro atoms. The van der Waals surface area contributed by atoms with E-state index in [1.165, 1.54) is 11.0 Å². The van der Waals surface area contributed by atoms with E-state index in [0.717, 1.165) is 6.42 Å². The van der Waals surface area contributed by atoms with Crippen LogP contribution in [0.2, 0.25) is 5.02 Å². The molecular formula is C15H20ClFN4O. The predicted octanol–water partition coefficient (Wildman–Crippen LogP) is 1.59. The number of likely N-dealkylation sites (N-methyl/N-ethyl adjacent to an activating group) is 1. The summed E-state index contributed by atoms with van der Waals surface area (Å²) in [6.45, 7) is 0.157. The minimum Gasteiger partial charge on any atom is -0.353 e. The fourth-order valence-electron chi connectivity index (χ4n) is 2.23. The first-order valence-electron chi connectivity index (χ1n) is 7.05. The molecule has 0 aliphatic heterocycles. The quantitative estimate of drug-likeness (QED) is 0.652. The smallest absolute Gasteiger partial charge is 0.241 e. The summed E-state index contributed by atoms with van der Waals surface area (Å²) in [7, 11) is 5.01. The number of aliphatic imine (C=N–C) groups is 1. The highest BCUT2D eigenvalue weighted by Gasteiger charge is 2.41. The van der Waals surface area contributed by atoms with Gasteiger partial charge in [-0.15, -0.1) is 0 Å². The van der Waals surface area contributed by atoms with Crippen molar-refractivity contribution in [2.45, 2.75) is 18.4 Å². The molecule has 1 aromatic carbocycles. The van der Waals surface area contributed by atoms with Crippen LogP contribution in [0, 0.1) is 5.82 Å². The molecule has 0 radical (unpaired) electrons. The van der Waals surface area contributed by atoms with E-state index in [4.69, 9.17) is 11.6 Å². The van der Waals surface area contributed by atoms with E-state index in [0.29, 0.717) is 16.5 Å². The molecule has 0 bridgehead atoms. The highest BCUT2D eigenvalue weighted by Crippen LogP contribution is 2.44. The summed E-state index contributed by atoms with van der Waals surface area (Å²) < 4.78 is 13.9. The molecular weight excluding hydrogens is 307 g/mol. The molecule has 1 amide bonds. The van der Waals surface area contributed by atoms with E-state index < -0.39 is 0 Å². The summed E-state index contributed by atoms with van der Waals surface area (Å²) >= 11 is 6.07. The van der Waals surface area contributed by atoms with Crippen molar-refractivity contribution < 1.29 is 9.18 Å². The summed E-state index contributed by atoms with van der Waals surface area (Å²) in [6, 6.07) is 4.77. The van der Waals surface area contributed by atoms with Crippen LogP contribution in [-0.2, 0) is 4.79 Å². The maximum Gasteiger partial charge on any atom is 0.241 e. The molecule has 2 unspecified atom stereocenters. The van der Waals surface area contributed by atoms with Crippen LogP contribution in [0.1, 0.15) is 17.9 Å². The Hall–Kier alpha value is -1.82. The Bertz CT molecular complexity index is 571. The Morgan fingerprint density at radius 1 is 1.50 bits per heavy atom. The Morgan fingerprint density at radius 3 is 2.82 bits per heavy atom. The molecule has 0 heterocycles. The molecule has 2 rings (SSSR count). The number of rotatable bonds is 4. The van der Waals surface area contributed by atoms with Gasteiger partial charge in [0.2, 0.25) is 5.91 Å². The van der Waals surface area contributed by atoms with Crippen molar-refractivity contribution >= 4 is 23.5 Å². The van der Waals surface area contributed by atoms with E-state index in [1.54, 1.807) is 33.3 Å². The molecule has 1 aromatic rings. The zero-order chi connectivity index (χ0) is 16.3. The van der Waals surface area contributed by atoms with Gasteiger partial charge in [-0.25, -0.2) is 4.39 Å². The van der Waals surface area contributed by atoms with Crippen LogP contribution in [0.15, 0.2) is 23.2 Å². The first kappa shape index (κ1) is 16.5. The Balaban J connectivity index is 1.91. The minimum atomic E-state index is -0.285. The van der Waals surface area contributed by atoms with Crippen LogP contribution in [0.3, 0.4) is 0 Å². The topological polar surface area (TPSA) is 56.7 Å². The molecule has 2 atom stereocenters. The van der Waals surface area contributed by atoms with Crippen LogP contribution in [0.25, 0.3) is 0 Å². The fraction of sp³-hybridized carbons (Fsp3) is 0.467. The Morgan fingerprint density at radius 2 is 2.23 bits per heavy atom. The van der Waals surface area contributed by atoms with Crippen molar-refractivity contribution in [3.8, 4) is 0 Å². The molecule has 1 fully saturated rings. The third-order valence-electron chi connectivity index (χ3n) is 3.61. The lowest BCUT2D eigenvalue weighted by Gasteiger charge is -2.14. The molecule has 1 saturated carbocycles. The van der Waals surface area contributed by atoms with Crippen LogP contribution < -0.4 is 10.6 Å². The van der Waals surface area contributed by atoms with Crippen molar-refractivity contribution in [2.24, 2.45) is 4.99 Å². The monoisotopic (exact) mass is 326 g/mol. The normalized spacial score (nSPS) is 20.5. The van der Waals surface area contributed by atoms with Crippen molar-refractivity contribution in [3.05, 3.63) is 34.6 Å². The lowest BCUT2D eigenvalue weighted by atomic mass is 10.1. The first-order chi connectivity index (χ1) is 10.4. The average molecular weight is 327 g/mol. The summed E-state index contributed by atoms with van der Waals surface area (Å²) in [5, 5.41) is 6.57. The number of carbonyl (C=O) groups is 1. The van der Waals surface area contributed by atoms with E-state index in [-0.39, 0.29) is 30.2 Å². The van der Waals surface area contributed by atoms with Crippen molar-refractivity contribution in [3.63, 3.8) is 0 Å². The molecule has 120 valence electrons. The van der Waals surface area contributed by atoms with E-state index in [2.05, 4.69) is 15.6 Å². The van der Waals surface area contributed by atoms with Crippen LogP contribution >= 0.6 is 11.6 Å². The van der Waals surface area contributed by atoms with Gasteiger partial charge >= 0.3 is 0 Å². The molecule has 0 aromatic heterocycles. The number of nitrogens with one attached hydrogen (secondary N) is 2. The van der Waals surface area contributed by atoms with Gasteiger partial charge in [0.05, 0.1) is 6.54 Å². The van der Waals surface area contributed by atoms with Gasteiger partial charge in [-0.2, -0.15) is 0 Å². The van der Waals surface area contributed by atoms with Gasteiger partial charge in [0.25, 0.3) is 0 Å². The van der Waals surface area contributed by atoms with E-state index in [9.17, 15) is 9.18 Å². The number of hydrogen-bond donors (Lipinski definition) is 2. The molecule has 7 heteroatoms. The van der Waals surface area contributed by atoms with Gasteiger partial charge in [-0.1, -0.05) is 17.7 Å². The number of nitrogens with zero attached hydrogens (tertiary/aromatic N) is 2. The maximum atomic E-state index is 13.9. The van der Waals surface area contributed by atoms with Gasteiger partial charge in [0.15, 0.2) is 5.96 Å². The molecule has 1 aliphatic carbocycles. The second-order valence-corrected chi connectivity index (χ2v) is 5.85. The minimum absolute atomic E-state index is 0.0248. The molecule has 5 nitrogen and oxygen atoms in total. The third kappa shape index (κ3) is 3.88. The van der Waals surface area contributed by atoms with Crippen molar-refractivity contribution in [2.75, 3.05) is 27.7 Å². The largest absolute Gasteiger partial charge is 0.353 e.